The summed E-state index contributed by atoms with van der Waals surface area (Å²) >= 11 is 0. The maximum absolute atomic E-state index is 12.3. The van der Waals surface area contributed by atoms with Gasteiger partial charge in [0.1, 0.15) is 11.7 Å². The lowest BCUT2D eigenvalue weighted by Gasteiger charge is -2.28. The lowest BCUT2D eigenvalue weighted by atomic mass is 10.1. The fourth-order valence-electron chi connectivity index (χ4n) is 2.87. The van der Waals surface area contributed by atoms with Crippen LogP contribution in [0, 0.1) is 12.8 Å². The Morgan fingerprint density at radius 1 is 1.17 bits per heavy atom. The van der Waals surface area contributed by atoms with Gasteiger partial charge in [0.2, 0.25) is 0 Å². The lowest BCUT2D eigenvalue weighted by molar-refractivity contribution is -0.208. The number of carbonyl (C=O) groups is 1. The second-order valence-corrected chi connectivity index (χ2v) is 6.56. The molecular formula is C20H30O4. The molecule has 0 bridgehead atoms. The van der Waals surface area contributed by atoms with Crippen molar-refractivity contribution >= 4 is 5.97 Å². The molecule has 1 aromatic carbocycles. The number of aryl methyl sites for hydroxylation is 2. The topological polar surface area (TPSA) is 44.8 Å². The summed E-state index contributed by atoms with van der Waals surface area (Å²) in [6.07, 6.45) is 6.33. The van der Waals surface area contributed by atoms with Crippen LogP contribution in [0.1, 0.15) is 57.1 Å². The third-order valence-electron chi connectivity index (χ3n) is 4.33. The van der Waals surface area contributed by atoms with Crippen LogP contribution in [-0.2, 0) is 20.7 Å². The van der Waals surface area contributed by atoms with E-state index in [2.05, 4.69) is 19.9 Å². The van der Waals surface area contributed by atoms with E-state index in [0.717, 1.165) is 31.2 Å². The summed E-state index contributed by atoms with van der Waals surface area (Å²) in [5.74, 6) is 0.0143. The average Bonchev–Trinajstić information content (AvgIpc) is 2.58. The van der Waals surface area contributed by atoms with E-state index in [1.807, 2.05) is 19.1 Å². The molecule has 0 saturated carbocycles. The highest BCUT2D eigenvalue weighted by molar-refractivity contribution is 5.75. The van der Waals surface area contributed by atoms with Crippen LogP contribution in [0.25, 0.3) is 0 Å². The number of hydrogen-bond donors (Lipinski definition) is 0. The SMILES string of the molecule is CCCCCC1OCC(C(=O)Oc2ccc(CCC)cc2C)CO1. The van der Waals surface area contributed by atoms with Gasteiger partial charge in [0.25, 0.3) is 0 Å². The highest BCUT2D eigenvalue weighted by Gasteiger charge is 2.29. The molecule has 1 heterocycles. The normalized spacial score (nSPS) is 20.8. The Hall–Kier alpha value is -1.39. The molecule has 0 aromatic heterocycles. The zero-order valence-corrected chi connectivity index (χ0v) is 15.2. The number of carbonyl (C=O) groups excluding carboxylic acids is 1. The van der Waals surface area contributed by atoms with Gasteiger partial charge in [0, 0.05) is 0 Å². The van der Waals surface area contributed by atoms with Gasteiger partial charge in [-0.15, -0.1) is 0 Å². The molecule has 0 amide bonds. The minimum Gasteiger partial charge on any atom is -0.426 e. The van der Waals surface area contributed by atoms with Crippen LogP contribution in [-0.4, -0.2) is 25.5 Å². The Morgan fingerprint density at radius 3 is 2.54 bits per heavy atom. The van der Waals surface area contributed by atoms with Gasteiger partial charge in [-0.2, -0.15) is 0 Å². The standard InChI is InChI=1S/C20H30O4/c1-4-6-7-9-19-22-13-17(14-23-19)20(21)24-18-11-10-16(8-5-2)12-15(18)3/h10-12,17,19H,4-9,13-14H2,1-3H3. The molecule has 0 spiro atoms. The number of rotatable bonds is 8. The van der Waals surface area contributed by atoms with Crippen LogP contribution >= 0.6 is 0 Å². The Bertz CT molecular complexity index is 518. The second-order valence-electron chi connectivity index (χ2n) is 6.56. The van der Waals surface area contributed by atoms with Gasteiger partial charge in [-0.1, -0.05) is 45.2 Å². The van der Waals surface area contributed by atoms with Crippen molar-refractivity contribution in [2.24, 2.45) is 5.92 Å². The maximum atomic E-state index is 12.3. The maximum Gasteiger partial charge on any atom is 0.319 e. The molecule has 0 radical (unpaired) electrons. The Morgan fingerprint density at radius 2 is 1.92 bits per heavy atom. The van der Waals surface area contributed by atoms with Gasteiger partial charge in [-0.25, -0.2) is 0 Å². The van der Waals surface area contributed by atoms with Gasteiger partial charge < -0.3 is 14.2 Å². The molecule has 0 N–H and O–H groups in total. The van der Waals surface area contributed by atoms with Crippen LogP contribution in [0.5, 0.6) is 5.75 Å². The molecule has 4 heteroatoms. The van der Waals surface area contributed by atoms with Crippen molar-refractivity contribution in [3.63, 3.8) is 0 Å². The number of esters is 1. The summed E-state index contributed by atoms with van der Waals surface area (Å²) in [4.78, 5) is 12.3. The first-order valence-electron chi connectivity index (χ1n) is 9.18. The smallest absolute Gasteiger partial charge is 0.319 e. The summed E-state index contributed by atoms with van der Waals surface area (Å²) in [5.41, 5.74) is 2.26. The minimum absolute atomic E-state index is 0.171. The van der Waals surface area contributed by atoms with E-state index in [0.29, 0.717) is 19.0 Å². The number of ether oxygens (including phenoxy) is 3. The van der Waals surface area contributed by atoms with Crippen LogP contribution in [0.2, 0.25) is 0 Å². The van der Waals surface area contributed by atoms with Crippen molar-refractivity contribution in [3.8, 4) is 5.75 Å². The summed E-state index contributed by atoms with van der Waals surface area (Å²) in [5, 5.41) is 0. The lowest BCUT2D eigenvalue weighted by Crippen LogP contribution is -2.38. The minimum atomic E-state index is -0.345. The first kappa shape index (κ1) is 18.9. The fourth-order valence-corrected chi connectivity index (χ4v) is 2.87. The zero-order chi connectivity index (χ0) is 17.4. The van der Waals surface area contributed by atoms with E-state index in [9.17, 15) is 4.79 Å². The van der Waals surface area contributed by atoms with Gasteiger partial charge in [-0.05, 0) is 43.4 Å². The van der Waals surface area contributed by atoms with Crippen LogP contribution in [0.3, 0.4) is 0 Å². The summed E-state index contributed by atoms with van der Waals surface area (Å²) in [7, 11) is 0. The molecule has 1 saturated heterocycles. The van der Waals surface area contributed by atoms with Crippen molar-refractivity contribution in [1.29, 1.82) is 0 Å². The molecule has 24 heavy (non-hydrogen) atoms. The number of hydrogen-bond acceptors (Lipinski definition) is 4. The molecule has 1 aliphatic rings. The van der Waals surface area contributed by atoms with E-state index >= 15 is 0 Å². The molecular weight excluding hydrogens is 304 g/mol. The third-order valence-corrected chi connectivity index (χ3v) is 4.33. The Labute approximate surface area is 145 Å². The summed E-state index contributed by atoms with van der Waals surface area (Å²) < 4.78 is 16.9. The number of unbranched alkanes of at least 4 members (excludes halogenated alkanes) is 2. The average molecular weight is 334 g/mol. The van der Waals surface area contributed by atoms with Gasteiger partial charge in [0.05, 0.1) is 13.2 Å². The zero-order valence-electron chi connectivity index (χ0n) is 15.2. The third kappa shape index (κ3) is 5.60. The number of benzene rings is 1. The van der Waals surface area contributed by atoms with Gasteiger partial charge in [0.15, 0.2) is 6.29 Å². The van der Waals surface area contributed by atoms with Gasteiger partial charge in [-0.3, -0.25) is 4.79 Å². The molecule has 0 aliphatic carbocycles. The molecule has 1 fully saturated rings. The van der Waals surface area contributed by atoms with Crippen molar-refractivity contribution in [1.82, 2.24) is 0 Å². The predicted octanol–water partition coefficient (Wildman–Crippen LogP) is 4.42. The quantitative estimate of drug-likeness (QED) is 0.401. The highest BCUT2D eigenvalue weighted by atomic mass is 16.7. The van der Waals surface area contributed by atoms with E-state index in [1.165, 1.54) is 18.4 Å². The molecule has 0 unspecified atom stereocenters. The predicted molar refractivity (Wildman–Crippen MR) is 94.1 cm³/mol. The van der Waals surface area contributed by atoms with Crippen LogP contribution in [0.15, 0.2) is 18.2 Å². The highest BCUT2D eigenvalue weighted by Crippen LogP contribution is 2.23. The summed E-state index contributed by atoms with van der Waals surface area (Å²) in [6, 6.07) is 6.00. The summed E-state index contributed by atoms with van der Waals surface area (Å²) in [6.45, 7) is 7.05. The monoisotopic (exact) mass is 334 g/mol. The first-order valence-corrected chi connectivity index (χ1v) is 9.18. The van der Waals surface area contributed by atoms with E-state index in [-0.39, 0.29) is 18.2 Å². The van der Waals surface area contributed by atoms with E-state index < -0.39 is 0 Å². The molecule has 4 nitrogen and oxygen atoms in total. The van der Waals surface area contributed by atoms with Crippen molar-refractivity contribution in [3.05, 3.63) is 29.3 Å². The van der Waals surface area contributed by atoms with Crippen LogP contribution < -0.4 is 4.74 Å². The largest absolute Gasteiger partial charge is 0.426 e. The van der Waals surface area contributed by atoms with Gasteiger partial charge >= 0.3 is 5.97 Å². The molecule has 0 atom stereocenters. The second kappa shape index (κ2) is 9.80. The van der Waals surface area contributed by atoms with Crippen molar-refractivity contribution in [2.45, 2.75) is 65.6 Å². The van der Waals surface area contributed by atoms with E-state index in [1.54, 1.807) is 0 Å². The molecule has 2 rings (SSSR count). The first-order chi connectivity index (χ1) is 11.6. The van der Waals surface area contributed by atoms with Crippen molar-refractivity contribution in [2.75, 3.05) is 13.2 Å². The van der Waals surface area contributed by atoms with Crippen molar-refractivity contribution < 1.29 is 19.0 Å². The van der Waals surface area contributed by atoms with E-state index in [4.69, 9.17) is 14.2 Å². The fraction of sp³-hybridized carbons (Fsp3) is 0.650. The molecule has 1 aromatic rings. The van der Waals surface area contributed by atoms with Crippen LogP contribution in [0.4, 0.5) is 0 Å². The Kier molecular flexibility index (Phi) is 7.73. The Balaban J connectivity index is 1.81. The molecule has 1 aliphatic heterocycles. The molecule has 134 valence electrons.